The van der Waals surface area contributed by atoms with Gasteiger partial charge in [-0.15, -0.1) is 0 Å². The molecule has 1 aromatic carbocycles. The maximum Gasteiger partial charge on any atom is 0.328 e. The molecule has 0 bridgehead atoms. The highest BCUT2D eigenvalue weighted by atomic mass is 127. The van der Waals surface area contributed by atoms with Crippen LogP contribution in [-0.4, -0.2) is 36.7 Å². The van der Waals surface area contributed by atoms with Gasteiger partial charge in [0, 0.05) is 16.2 Å². The number of aliphatic carboxylic acids is 1. The number of rotatable bonds is 5. The first-order valence-corrected chi connectivity index (χ1v) is 5.90. The van der Waals surface area contributed by atoms with E-state index in [1.54, 1.807) is 24.3 Å². The van der Waals surface area contributed by atoms with Crippen LogP contribution in [0.5, 0.6) is 0 Å². The van der Waals surface area contributed by atoms with Crippen molar-refractivity contribution in [1.29, 1.82) is 0 Å². The number of hydrogen-bond donors (Lipinski definition) is 2. The van der Waals surface area contributed by atoms with Crippen molar-refractivity contribution >= 4 is 34.5 Å². The van der Waals surface area contributed by atoms with E-state index in [2.05, 4.69) is 27.9 Å². The van der Waals surface area contributed by atoms with Gasteiger partial charge >= 0.3 is 5.97 Å². The molecular weight excluding hydrogens is 337 g/mol. The van der Waals surface area contributed by atoms with E-state index in [0.717, 1.165) is 3.57 Å². The summed E-state index contributed by atoms with van der Waals surface area (Å²) in [5, 5.41) is 11.2. The van der Waals surface area contributed by atoms with Crippen LogP contribution in [0.2, 0.25) is 0 Å². The molecule has 1 rings (SSSR count). The van der Waals surface area contributed by atoms with Crippen LogP contribution < -0.4 is 5.32 Å². The second-order valence-electron chi connectivity index (χ2n) is 3.33. The molecule has 1 aromatic rings. The molecule has 0 saturated carbocycles. The highest BCUT2D eigenvalue weighted by molar-refractivity contribution is 14.1. The Hall–Kier alpha value is -1.15. The van der Waals surface area contributed by atoms with Gasteiger partial charge in [0.15, 0.2) is 6.04 Å². The van der Waals surface area contributed by atoms with E-state index in [4.69, 9.17) is 9.84 Å². The first-order valence-electron chi connectivity index (χ1n) is 4.82. The van der Waals surface area contributed by atoms with E-state index in [1.807, 2.05) is 0 Å². The number of carboxylic acid groups (broad SMARTS) is 1. The summed E-state index contributed by atoms with van der Waals surface area (Å²) in [5.74, 6) is -1.54. The predicted octanol–water partition coefficient (Wildman–Crippen LogP) is 1.12. The number of amides is 1. The molecule has 6 heteroatoms. The van der Waals surface area contributed by atoms with E-state index < -0.39 is 17.9 Å². The van der Waals surface area contributed by atoms with Crippen molar-refractivity contribution in [3.8, 4) is 0 Å². The highest BCUT2D eigenvalue weighted by Crippen LogP contribution is 2.06. The van der Waals surface area contributed by atoms with Crippen LogP contribution in [0.1, 0.15) is 10.4 Å². The number of ether oxygens (including phenoxy) is 1. The average molecular weight is 349 g/mol. The number of carbonyl (C=O) groups excluding carboxylic acids is 1. The van der Waals surface area contributed by atoms with Crippen molar-refractivity contribution in [3.05, 3.63) is 33.4 Å². The Balaban J connectivity index is 2.70. The minimum Gasteiger partial charge on any atom is -0.480 e. The third-order valence-electron chi connectivity index (χ3n) is 2.04. The van der Waals surface area contributed by atoms with Gasteiger partial charge in [-0.25, -0.2) is 4.79 Å². The number of carbonyl (C=O) groups is 2. The molecule has 5 nitrogen and oxygen atoms in total. The smallest absolute Gasteiger partial charge is 0.328 e. The van der Waals surface area contributed by atoms with E-state index in [9.17, 15) is 9.59 Å². The Morgan fingerprint density at radius 3 is 2.47 bits per heavy atom. The van der Waals surface area contributed by atoms with Gasteiger partial charge < -0.3 is 15.2 Å². The van der Waals surface area contributed by atoms with E-state index >= 15 is 0 Å². The molecule has 0 aliphatic carbocycles. The molecule has 0 aliphatic heterocycles. The van der Waals surface area contributed by atoms with Crippen LogP contribution in [0.4, 0.5) is 0 Å². The lowest BCUT2D eigenvalue weighted by Crippen LogP contribution is -2.43. The standard InChI is InChI=1S/C11H12INO4/c1-17-6-9(11(15)16)13-10(14)7-2-4-8(12)5-3-7/h2-5,9H,6H2,1H3,(H,13,14)(H,15,16). The summed E-state index contributed by atoms with van der Waals surface area (Å²) in [5.41, 5.74) is 0.424. The fourth-order valence-electron chi connectivity index (χ4n) is 1.18. The lowest BCUT2D eigenvalue weighted by Gasteiger charge is -2.13. The van der Waals surface area contributed by atoms with Crippen molar-refractivity contribution in [2.45, 2.75) is 6.04 Å². The summed E-state index contributed by atoms with van der Waals surface area (Å²) in [6, 6.07) is 5.81. The highest BCUT2D eigenvalue weighted by Gasteiger charge is 2.20. The number of carboxylic acids is 1. The molecular formula is C11H12INO4. The Labute approximate surface area is 112 Å². The first kappa shape index (κ1) is 13.9. The van der Waals surface area contributed by atoms with E-state index in [-0.39, 0.29) is 6.61 Å². The zero-order valence-electron chi connectivity index (χ0n) is 9.14. The predicted molar refractivity (Wildman–Crippen MR) is 69.9 cm³/mol. The Bertz CT molecular complexity index is 404. The monoisotopic (exact) mass is 349 g/mol. The minimum absolute atomic E-state index is 0.0640. The van der Waals surface area contributed by atoms with Crippen molar-refractivity contribution in [1.82, 2.24) is 5.32 Å². The number of methoxy groups -OCH3 is 1. The van der Waals surface area contributed by atoms with Gasteiger partial charge in [-0.3, -0.25) is 4.79 Å². The lowest BCUT2D eigenvalue weighted by atomic mass is 10.2. The second kappa shape index (κ2) is 6.55. The van der Waals surface area contributed by atoms with E-state index in [0.29, 0.717) is 5.56 Å². The van der Waals surface area contributed by atoms with Gasteiger partial charge in [0.25, 0.3) is 5.91 Å². The summed E-state index contributed by atoms with van der Waals surface area (Å²) >= 11 is 2.12. The van der Waals surface area contributed by atoms with Crippen LogP contribution in [0.15, 0.2) is 24.3 Å². The molecule has 17 heavy (non-hydrogen) atoms. The van der Waals surface area contributed by atoms with Gasteiger partial charge in [-0.1, -0.05) is 0 Å². The van der Waals surface area contributed by atoms with Crippen LogP contribution in [0.3, 0.4) is 0 Å². The van der Waals surface area contributed by atoms with Gasteiger partial charge in [0.1, 0.15) is 0 Å². The molecule has 0 saturated heterocycles. The molecule has 0 aliphatic rings. The molecule has 0 aromatic heterocycles. The zero-order chi connectivity index (χ0) is 12.8. The summed E-state index contributed by atoms with van der Waals surface area (Å²) in [6.45, 7) is -0.0640. The first-order chi connectivity index (χ1) is 8.04. The summed E-state index contributed by atoms with van der Waals surface area (Å²) in [6.07, 6.45) is 0. The van der Waals surface area contributed by atoms with Gasteiger partial charge in [0.2, 0.25) is 0 Å². The minimum atomic E-state index is -1.12. The fourth-order valence-corrected chi connectivity index (χ4v) is 1.54. The van der Waals surface area contributed by atoms with Gasteiger partial charge in [-0.05, 0) is 46.9 Å². The lowest BCUT2D eigenvalue weighted by molar-refractivity contribution is -0.140. The third kappa shape index (κ3) is 4.31. The largest absolute Gasteiger partial charge is 0.480 e. The zero-order valence-corrected chi connectivity index (χ0v) is 11.3. The molecule has 0 heterocycles. The van der Waals surface area contributed by atoms with Crippen LogP contribution in [0.25, 0.3) is 0 Å². The van der Waals surface area contributed by atoms with Gasteiger partial charge in [0.05, 0.1) is 6.61 Å². The molecule has 0 radical (unpaired) electrons. The summed E-state index contributed by atoms with van der Waals surface area (Å²) in [7, 11) is 1.38. The SMILES string of the molecule is COCC(NC(=O)c1ccc(I)cc1)C(=O)O. The van der Waals surface area contributed by atoms with E-state index in [1.165, 1.54) is 7.11 Å². The van der Waals surface area contributed by atoms with Crippen LogP contribution in [0, 0.1) is 3.57 Å². The number of halogens is 1. The average Bonchev–Trinajstić information content (AvgIpc) is 2.29. The molecule has 1 atom stereocenters. The van der Waals surface area contributed by atoms with Crippen LogP contribution >= 0.6 is 22.6 Å². The summed E-state index contributed by atoms with van der Waals surface area (Å²) < 4.78 is 5.73. The quantitative estimate of drug-likeness (QED) is 0.782. The Kier molecular flexibility index (Phi) is 5.36. The van der Waals surface area contributed by atoms with Crippen molar-refractivity contribution in [2.75, 3.05) is 13.7 Å². The Morgan fingerprint density at radius 2 is 2.00 bits per heavy atom. The van der Waals surface area contributed by atoms with Gasteiger partial charge in [-0.2, -0.15) is 0 Å². The molecule has 2 N–H and O–H groups in total. The fraction of sp³-hybridized carbons (Fsp3) is 0.273. The molecule has 92 valence electrons. The van der Waals surface area contributed by atoms with Crippen molar-refractivity contribution < 1.29 is 19.4 Å². The number of benzene rings is 1. The maximum absolute atomic E-state index is 11.7. The molecule has 0 spiro atoms. The summed E-state index contributed by atoms with van der Waals surface area (Å²) in [4.78, 5) is 22.5. The maximum atomic E-state index is 11.7. The molecule has 1 unspecified atom stereocenters. The number of nitrogens with one attached hydrogen (secondary N) is 1. The second-order valence-corrected chi connectivity index (χ2v) is 4.57. The van der Waals surface area contributed by atoms with Crippen molar-refractivity contribution in [2.24, 2.45) is 0 Å². The Morgan fingerprint density at radius 1 is 1.41 bits per heavy atom. The third-order valence-corrected chi connectivity index (χ3v) is 2.76. The normalized spacial score (nSPS) is 11.9. The topological polar surface area (TPSA) is 75.6 Å². The van der Waals surface area contributed by atoms with Crippen molar-refractivity contribution in [3.63, 3.8) is 0 Å². The van der Waals surface area contributed by atoms with Crippen LogP contribution in [-0.2, 0) is 9.53 Å². The molecule has 0 fully saturated rings. The number of hydrogen-bond acceptors (Lipinski definition) is 3. The molecule has 1 amide bonds.